The van der Waals surface area contributed by atoms with E-state index in [-0.39, 0.29) is 29.4 Å². The molecule has 1 unspecified atom stereocenters. The Hall–Kier alpha value is -2.85. The Bertz CT molecular complexity index is 1070. The Kier molecular flexibility index (Phi) is 5.76. The number of hydrogen-bond donors (Lipinski definition) is 0. The van der Waals surface area contributed by atoms with Crippen LogP contribution in [0.4, 0.5) is 5.69 Å². The van der Waals surface area contributed by atoms with Gasteiger partial charge in [0.1, 0.15) is 12.4 Å². The van der Waals surface area contributed by atoms with E-state index < -0.39 is 0 Å². The zero-order valence-corrected chi connectivity index (χ0v) is 18.6. The molecule has 0 aromatic heterocycles. The molecule has 5 heteroatoms. The molecular formula is C26H26ClNO3. The molecule has 0 N–H and O–H groups in total. The van der Waals surface area contributed by atoms with Crippen LogP contribution >= 0.6 is 11.6 Å². The molecule has 1 heterocycles. The first kappa shape index (κ1) is 21.4. The first-order valence-electron chi connectivity index (χ1n) is 10.5. The van der Waals surface area contributed by atoms with Crippen LogP contribution in [0.2, 0.25) is 5.02 Å². The Morgan fingerprint density at radius 3 is 2.52 bits per heavy atom. The summed E-state index contributed by atoms with van der Waals surface area (Å²) in [5, 5.41) is 0.501. The summed E-state index contributed by atoms with van der Waals surface area (Å²) in [5.74, 6) is 0.522. The van der Waals surface area contributed by atoms with E-state index in [0.717, 1.165) is 22.6 Å². The number of halogens is 1. The van der Waals surface area contributed by atoms with Crippen LogP contribution < -0.4 is 9.64 Å². The summed E-state index contributed by atoms with van der Waals surface area (Å²) in [6.07, 6.45) is 3.02. The molecule has 0 spiro atoms. The first-order chi connectivity index (χ1) is 14.8. The summed E-state index contributed by atoms with van der Waals surface area (Å²) in [6.45, 7) is 8.22. The predicted octanol–water partition coefficient (Wildman–Crippen LogP) is 6.07. The van der Waals surface area contributed by atoms with Crippen LogP contribution in [0.15, 0.2) is 72.5 Å². The number of nitrogens with zero attached hydrogens (tertiary/aromatic N) is 1. The smallest absolute Gasteiger partial charge is 0.232 e. The normalized spacial score (nSPS) is 20.5. The van der Waals surface area contributed by atoms with Gasteiger partial charge in [-0.1, -0.05) is 62.4 Å². The minimum absolute atomic E-state index is 0.0469. The molecule has 2 aromatic carbocycles. The van der Waals surface area contributed by atoms with E-state index in [4.69, 9.17) is 16.3 Å². The van der Waals surface area contributed by atoms with Gasteiger partial charge >= 0.3 is 0 Å². The molecule has 0 fully saturated rings. The lowest BCUT2D eigenvalue weighted by atomic mass is 9.69. The van der Waals surface area contributed by atoms with Gasteiger partial charge in [0.2, 0.25) is 5.91 Å². The third-order valence-electron chi connectivity index (χ3n) is 5.89. The lowest BCUT2D eigenvalue weighted by Gasteiger charge is -2.43. The Balaban J connectivity index is 1.81. The SMILES string of the molecule is C=CCOc1ccc(C2CC(=O)N(c3ccccc3Cl)C3=C2C(=O)CC(C)(C)C3)cc1. The van der Waals surface area contributed by atoms with Crippen LogP contribution in [0.3, 0.4) is 0 Å². The van der Waals surface area contributed by atoms with Gasteiger partial charge in [-0.05, 0) is 41.7 Å². The summed E-state index contributed by atoms with van der Waals surface area (Å²) in [4.78, 5) is 28.4. The Morgan fingerprint density at radius 2 is 1.84 bits per heavy atom. The highest BCUT2D eigenvalue weighted by Crippen LogP contribution is 2.49. The number of para-hydroxylation sites is 1. The van der Waals surface area contributed by atoms with Gasteiger partial charge in [-0.3, -0.25) is 14.5 Å². The molecule has 4 rings (SSSR count). The Labute approximate surface area is 188 Å². The molecule has 4 nitrogen and oxygen atoms in total. The van der Waals surface area contributed by atoms with Crippen molar-refractivity contribution in [3.63, 3.8) is 0 Å². The van der Waals surface area contributed by atoms with E-state index in [0.29, 0.717) is 30.2 Å². The minimum Gasteiger partial charge on any atom is -0.490 e. The molecule has 160 valence electrons. The van der Waals surface area contributed by atoms with E-state index in [1.54, 1.807) is 17.0 Å². The van der Waals surface area contributed by atoms with Gasteiger partial charge in [0.15, 0.2) is 5.78 Å². The number of ether oxygens (including phenoxy) is 1. The van der Waals surface area contributed by atoms with Crippen molar-refractivity contribution in [3.05, 3.63) is 83.0 Å². The fourth-order valence-electron chi connectivity index (χ4n) is 4.56. The van der Waals surface area contributed by atoms with E-state index in [1.807, 2.05) is 42.5 Å². The molecule has 1 amide bonds. The van der Waals surface area contributed by atoms with Crippen molar-refractivity contribution < 1.29 is 14.3 Å². The van der Waals surface area contributed by atoms with Crippen molar-refractivity contribution in [2.45, 2.75) is 39.0 Å². The fourth-order valence-corrected chi connectivity index (χ4v) is 4.78. The molecule has 0 saturated heterocycles. The summed E-state index contributed by atoms with van der Waals surface area (Å²) in [7, 11) is 0. The van der Waals surface area contributed by atoms with Gasteiger partial charge in [0.25, 0.3) is 0 Å². The fraction of sp³-hybridized carbons (Fsp3) is 0.308. The van der Waals surface area contributed by atoms with E-state index >= 15 is 0 Å². The van der Waals surface area contributed by atoms with Crippen molar-refractivity contribution in [2.24, 2.45) is 5.41 Å². The number of Topliss-reactive ketones (excluding diaryl/α,β-unsaturated/α-hetero) is 1. The van der Waals surface area contributed by atoms with Crippen LogP contribution in [0.5, 0.6) is 5.75 Å². The van der Waals surface area contributed by atoms with Gasteiger partial charge in [-0.25, -0.2) is 0 Å². The van der Waals surface area contributed by atoms with Crippen LogP contribution in [-0.4, -0.2) is 18.3 Å². The molecule has 2 aliphatic rings. The maximum atomic E-state index is 13.4. The highest BCUT2D eigenvalue weighted by atomic mass is 35.5. The maximum absolute atomic E-state index is 13.4. The molecule has 31 heavy (non-hydrogen) atoms. The maximum Gasteiger partial charge on any atom is 0.232 e. The van der Waals surface area contributed by atoms with Crippen molar-refractivity contribution in [1.29, 1.82) is 0 Å². The lowest BCUT2D eigenvalue weighted by molar-refractivity contribution is -0.121. The summed E-state index contributed by atoms with van der Waals surface area (Å²) in [5.41, 5.74) is 2.87. The average Bonchev–Trinajstić information content (AvgIpc) is 2.72. The first-order valence-corrected chi connectivity index (χ1v) is 10.9. The number of anilines is 1. The average molecular weight is 436 g/mol. The van der Waals surface area contributed by atoms with Crippen molar-refractivity contribution in [2.75, 3.05) is 11.5 Å². The van der Waals surface area contributed by atoms with Crippen molar-refractivity contribution >= 4 is 29.0 Å². The number of ketones is 1. The standard InChI is InChI=1S/C26H26ClNO3/c1-4-13-31-18-11-9-17(10-12-18)19-14-24(30)28(21-8-6-5-7-20(21)27)22-15-26(2,3)16-23(29)25(19)22/h4-12,19H,1,13-16H2,2-3H3. The zero-order chi connectivity index (χ0) is 22.2. The molecule has 0 bridgehead atoms. The summed E-state index contributed by atoms with van der Waals surface area (Å²) >= 11 is 6.45. The van der Waals surface area contributed by atoms with Crippen LogP contribution in [0.25, 0.3) is 0 Å². The van der Waals surface area contributed by atoms with Gasteiger partial charge in [-0.2, -0.15) is 0 Å². The molecule has 2 aromatic rings. The van der Waals surface area contributed by atoms with Crippen LogP contribution in [0.1, 0.15) is 44.6 Å². The minimum atomic E-state index is -0.265. The Morgan fingerprint density at radius 1 is 1.13 bits per heavy atom. The zero-order valence-electron chi connectivity index (χ0n) is 17.9. The summed E-state index contributed by atoms with van der Waals surface area (Å²) in [6, 6.07) is 14.9. The van der Waals surface area contributed by atoms with Gasteiger partial charge in [0, 0.05) is 30.0 Å². The topological polar surface area (TPSA) is 46.6 Å². The highest BCUT2D eigenvalue weighted by Gasteiger charge is 2.44. The second kappa shape index (κ2) is 8.35. The monoisotopic (exact) mass is 435 g/mol. The molecule has 0 radical (unpaired) electrons. The quantitative estimate of drug-likeness (QED) is 0.535. The van der Waals surface area contributed by atoms with Gasteiger partial charge in [-0.15, -0.1) is 0 Å². The second-order valence-electron chi connectivity index (χ2n) is 8.91. The van der Waals surface area contributed by atoms with E-state index in [2.05, 4.69) is 20.4 Å². The summed E-state index contributed by atoms with van der Waals surface area (Å²) < 4.78 is 5.57. The highest BCUT2D eigenvalue weighted by molar-refractivity contribution is 6.34. The number of allylic oxidation sites excluding steroid dienone is 2. The van der Waals surface area contributed by atoms with Crippen molar-refractivity contribution in [1.82, 2.24) is 0 Å². The largest absolute Gasteiger partial charge is 0.490 e. The predicted molar refractivity (Wildman–Crippen MR) is 123 cm³/mol. The molecule has 1 atom stereocenters. The molecule has 1 aliphatic carbocycles. The number of carbonyl (C=O) groups excluding carboxylic acids is 2. The van der Waals surface area contributed by atoms with Gasteiger partial charge < -0.3 is 4.74 Å². The molecular weight excluding hydrogens is 410 g/mol. The van der Waals surface area contributed by atoms with Crippen molar-refractivity contribution in [3.8, 4) is 5.75 Å². The number of carbonyl (C=O) groups is 2. The third kappa shape index (κ3) is 4.17. The number of benzene rings is 2. The van der Waals surface area contributed by atoms with E-state index in [9.17, 15) is 9.59 Å². The van der Waals surface area contributed by atoms with Gasteiger partial charge in [0.05, 0.1) is 10.7 Å². The van der Waals surface area contributed by atoms with Crippen LogP contribution in [-0.2, 0) is 9.59 Å². The van der Waals surface area contributed by atoms with Crippen LogP contribution in [0, 0.1) is 5.41 Å². The number of rotatable bonds is 5. The van der Waals surface area contributed by atoms with E-state index in [1.165, 1.54) is 0 Å². The molecule has 0 saturated carbocycles. The second-order valence-corrected chi connectivity index (χ2v) is 9.31. The number of amides is 1. The molecule has 1 aliphatic heterocycles. The number of hydrogen-bond acceptors (Lipinski definition) is 3. The lowest BCUT2D eigenvalue weighted by Crippen LogP contribution is -2.43. The third-order valence-corrected chi connectivity index (χ3v) is 6.21.